The summed E-state index contributed by atoms with van der Waals surface area (Å²) in [6.07, 6.45) is 5.67. The van der Waals surface area contributed by atoms with Gasteiger partial charge in [0.25, 0.3) is 20.2 Å². The first-order chi connectivity index (χ1) is 16.5. The maximum absolute atomic E-state index is 12.4. The van der Waals surface area contributed by atoms with E-state index in [1.54, 1.807) is 0 Å². The van der Waals surface area contributed by atoms with E-state index >= 15 is 0 Å². The number of aliphatic carboxylic acids is 4. The number of carbonyl (C=O) groups is 4. The molecule has 16 heteroatoms. The van der Waals surface area contributed by atoms with Gasteiger partial charge >= 0.3 is 23.9 Å². The highest BCUT2D eigenvalue weighted by Crippen LogP contribution is 2.53. The molecule has 0 aromatic rings. The summed E-state index contributed by atoms with van der Waals surface area (Å²) >= 11 is 0. The van der Waals surface area contributed by atoms with Crippen LogP contribution in [-0.4, -0.2) is 80.7 Å². The van der Waals surface area contributed by atoms with Gasteiger partial charge in [0.1, 0.15) is 5.41 Å². The van der Waals surface area contributed by atoms with Gasteiger partial charge in [-0.15, -0.1) is 0 Å². The lowest BCUT2D eigenvalue weighted by Gasteiger charge is -2.47. The summed E-state index contributed by atoms with van der Waals surface area (Å²) in [6, 6.07) is 0. The van der Waals surface area contributed by atoms with E-state index in [1.165, 1.54) is 0 Å². The van der Waals surface area contributed by atoms with E-state index in [0.717, 1.165) is 38.5 Å². The number of hydrogen-bond donors (Lipinski definition) is 6. The van der Waals surface area contributed by atoms with Gasteiger partial charge in [0.05, 0.1) is 6.42 Å². The quantitative estimate of drug-likeness (QED) is 0.206. The van der Waals surface area contributed by atoms with Gasteiger partial charge in [-0.05, 0) is 37.5 Å². The third-order valence-electron chi connectivity index (χ3n) is 6.88. The monoisotopic (exact) mass is 560 g/mol. The zero-order chi connectivity index (χ0) is 27.9. The Kier molecular flexibility index (Phi) is 11.3. The van der Waals surface area contributed by atoms with Gasteiger partial charge in [-0.3, -0.25) is 28.3 Å². The van der Waals surface area contributed by atoms with Crippen molar-refractivity contribution in [2.75, 3.05) is 0 Å². The first kappa shape index (κ1) is 31.7. The number of hydrogen-bond acceptors (Lipinski definition) is 8. The van der Waals surface area contributed by atoms with Crippen molar-refractivity contribution >= 4 is 44.1 Å². The molecule has 36 heavy (non-hydrogen) atoms. The Bertz CT molecular complexity index is 1000. The van der Waals surface area contributed by atoms with Crippen molar-refractivity contribution in [1.82, 2.24) is 0 Å². The van der Waals surface area contributed by atoms with E-state index in [2.05, 4.69) is 0 Å². The van der Waals surface area contributed by atoms with Crippen LogP contribution in [0.2, 0.25) is 0 Å². The molecule has 0 aromatic heterocycles. The molecule has 2 saturated carbocycles. The van der Waals surface area contributed by atoms with E-state index in [0.29, 0.717) is 25.7 Å². The van der Waals surface area contributed by atoms with E-state index in [-0.39, 0.29) is 0 Å². The standard InChI is InChI=1S/C16H26O7S.C4H6O7S/c17-14(18)13(24(21,22)23)16(15(19)20,11-7-3-1-4-8-11)12-9-5-2-6-10-12;5-3(6)1-2(4(7)8)12(9,10)11/h11-13H,1-10H2,(H,17,18)(H,19,20)(H,21,22,23);2H,1H2,(H,5,6)(H,7,8)(H,9,10,11). The maximum atomic E-state index is 12.4. The zero-order valence-electron chi connectivity index (χ0n) is 19.4. The van der Waals surface area contributed by atoms with E-state index < -0.39 is 78.3 Å². The van der Waals surface area contributed by atoms with Crippen LogP contribution in [0.25, 0.3) is 0 Å². The molecule has 2 aliphatic carbocycles. The SMILES string of the molecule is O=C(O)C(C(C(=O)O)(C1CCCCC1)C1CCCCC1)S(=O)(=O)O.O=C(O)CC(C(=O)O)S(=O)(=O)O. The van der Waals surface area contributed by atoms with Crippen LogP contribution in [0.5, 0.6) is 0 Å². The van der Waals surface area contributed by atoms with Crippen LogP contribution in [0.3, 0.4) is 0 Å². The predicted molar refractivity (Wildman–Crippen MR) is 121 cm³/mol. The number of carboxylic acid groups (broad SMARTS) is 4. The van der Waals surface area contributed by atoms with Crippen LogP contribution >= 0.6 is 0 Å². The minimum Gasteiger partial charge on any atom is -0.481 e. The van der Waals surface area contributed by atoms with E-state index in [9.17, 15) is 50.8 Å². The lowest BCUT2D eigenvalue weighted by molar-refractivity contribution is -0.167. The van der Waals surface area contributed by atoms with Crippen molar-refractivity contribution in [1.29, 1.82) is 0 Å². The average Bonchev–Trinajstić information content (AvgIpc) is 2.75. The first-order valence-corrected chi connectivity index (χ1v) is 14.3. The highest BCUT2D eigenvalue weighted by molar-refractivity contribution is 7.87. The van der Waals surface area contributed by atoms with Crippen molar-refractivity contribution in [3.8, 4) is 0 Å². The molecule has 0 radical (unpaired) electrons. The van der Waals surface area contributed by atoms with E-state index in [4.69, 9.17) is 14.8 Å². The zero-order valence-corrected chi connectivity index (χ0v) is 21.0. The van der Waals surface area contributed by atoms with Crippen molar-refractivity contribution in [3.05, 3.63) is 0 Å². The molecular formula is C20H32O14S2. The summed E-state index contributed by atoms with van der Waals surface area (Å²) in [4.78, 5) is 44.2. The summed E-state index contributed by atoms with van der Waals surface area (Å²) in [5.41, 5.74) is -1.96. The van der Waals surface area contributed by atoms with Gasteiger partial charge in [0.2, 0.25) is 0 Å². The number of rotatable bonds is 10. The molecule has 6 N–H and O–H groups in total. The average molecular weight is 561 g/mol. The molecule has 0 spiro atoms. The van der Waals surface area contributed by atoms with Gasteiger partial charge in [0.15, 0.2) is 10.5 Å². The van der Waals surface area contributed by atoms with Gasteiger partial charge in [-0.1, -0.05) is 38.5 Å². The molecule has 0 heterocycles. The lowest BCUT2D eigenvalue weighted by atomic mass is 9.57. The number of carboxylic acids is 4. The topological polar surface area (TPSA) is 258 Å². The van der Waals surface area contributed by atoms with Crippen LogP contribution < -0.4 is 0 Å². The fourth-order valence-corrected chi connectivity index (χ4v) is 7.28. The molecule has 2 aliphatic rings. The second-order valence-electron chi connectivity index (χ2n) is 9.08. The van der Waals surface area contributed by atoms with Crippen LogP contribution in [0.1, 0.15) is 70.6 Å². The molecule has 2 rings (SSSR count). The molecule has 0 saturated heterocycles. The summed E-state index contributed by atoms with van der Waals surface area (Å²) in [5.74, 6) is -7.76. The molecule has 2 fully saturated rings. The summed E-state index contributed by atoms with van der Waals surface area (Å²) in [5, 5.41) is 31.2. The second kappa shape index (κ2) is 12.8. The molecular weight excluding hydrogens is 528 g/mol. The summed E-state index contributed by atoms with van der Waals surface area (Å²) in [7, 11) is -9.89. The van der Waals surface area contributed by atoms with Crippen LogP contribution in [0.15, 0.2) is 0 Å². The summed E-state index contributed by atoms with van der Waals surface area (Å²) < 4.78 is 62.1. The molecule has 0 amide bonds. The van der Waals surface area contributed by atoms with Crippen LogP contribution in [0, 0.1) is 17.3 Å². The van der Waals surface area contributed by atoms with Gasteiger partial charge < -0.3 is 20.4 Å². The van der Waals surface area contributed by atoms with E-state index in [1.807, 2.05) is 0 Å². The molecule has 0 aliphatic heterocycles. The molecule has 2 unspecified atom stereocenters. The Morgan fingerprint density at radius 1 is 0.667 bits per heavy atom. The Morgan fingerprint density at radius 2 is 1.06 bits per heavy atom. The normalized spacial score (nSPS) is 19.8. The molecule has 0 aromatic carbocycles. The minimum atomic E-state index is -5.05. The maximum Gasteiger partial charge on any atom is 0.325 e. The molecule has 0 bridgehead atoms. The fraction of sp³-hybridized carbons (Fsp3) is 0.800. The van der Waals surface area contributed by atoms with Crippen LogP contribution in [0.4, 0.5) is 0 Å². The lowest BCUT2D eigenvalue weighted by Crippen LogP contribution is -2.59. The second-order valence-corrected chi connectivity index (χ2v) is 12.2. The minimum absolute atomic E-state index is 0.488. The molecule has 14 nitrogen and oxygen atoms in total. The van der Waals surface area contributed by atoms with Crippen molar-refractivity contribution in [2.45, 2.75) is 81.1 Å². The first-order valence-electron chi connectivity index (χ1n) is 11.3. The third-order valence-corrected chi connectivity index (χ3v) is 9.16. The smallest absolute Gasteiger partial charge is 0.325 e. The predicted octanol–water partition coefficient (Wildman–Crippen LogP) is 1.36. The molecule has 2 atom stereocenters. The highest BCUT2D eigenvalue weighted by atomic mass is 32.2. The third kappa shape index (κ3) is 7.85. The van der Waals surface area contributed by atoms with Gasteiger partial charge in [0, 0.05) is 0 Å². The van der Waals surface area contributed by atoms with Gasteiger partial charge in [-0.25, -0.2) is 0 Å². The van der Waals surface area contributed by atoms with Crippen molar-refractivity contribution in [3.63, 3.8) is 0 Å². The van der Waals surface area contributed by atoms with Crippen molar-refractivity contribution in [2.24, 2.45) is 17.3 Å². The Morgan fingerprint density at radius 3 is 1.25 bits per heavy atom. The Hall–Kier alpha value is -2.30. The fourth-order valence-electron chi connectivity index (χ4n) is 5.44. The molecule has 208 valence electrons. The van der Waals surface area contributed by atoms with Gasteiger partial charge in [-0.2, -0.15) is 16.8 Å². The summed E-state index contributed by atoms with van der Waals surface area (Å²) in [6.45, 7) is 0. The van der Waals surface area contributed by atoms with Crippen molar-refractivity contribution < 1.29 is 65.5 Å². The highest BCUT2D eigenvalue weighted by Gasteiger charge is 2.63. The van der Waals surface area contributed by atoms with Crippen LogP contribution in [-0.2, 0) is 39.4 Å². The largest absolute Gasteiger partial charge is 0.481 e. The Labute approximate surface area is 208 Å². The Balaban J connectivity index is 0.000000457.